The van der Waals surface area contributed by atoms with E-state index < -0.39 is 11.7 Å². The van der Waals surface area contributed by atoms with E-state index in [0.29, 0.717) is 0 Å². The molecule has 1 aliphatic heterocycles. The van der Waals surface area contributed by atoms with Crippen LogP contribution in [0, 0.1) is 0 Å². The van der Waals surface area contributed by atoms with Crippen LogP contribution in [0.2, 0.25) is 0 Å². The van der Waals surface area contributed by atoms with Crippen LogP contribution in [0.3, 0.4) is 0 Å². The van der Waals surface area contributed by atoms with Crippen LogP contribution in [0.15, 0.2) is 4.99 Å². The fraction of sp³-hybridized carbons (Fsp3) is 0.667. The standard InChI is InChI=1S/C6H9NO2/c1-4-6(2,3)9-5(8)7-4/h1-3H3. The van der Waals surface area contributed by atoms with Gasteiger partial charge in [0.15, 0.2) is 0 Å². The van der Waals surface area contributed by atoms with Crippen LogP contribution in [0.1, 0.15) is 20.8 Å². The number of aliphatic imine (C=N–C) groups is 1. The third-order valence-corrected chi connectivity index (χ3v) is 1.47. The minimum atomic E-state index is -0.475. The van der Waals surface area contributed by atoms with Crippen molar-refractivity contribution in [2.24, 2.45) is 4.99 Å². The average molecular weight is 127 g/mol. The van der Waals surface area contributed by atoms with Crippen LogP contribution in [0.4, 0.5) is 4.79 Å². The summed E-state index contributed by atoms with van der Waals surface area (Å²) in [5, 5.41) is 0. The monoisotopic (exact) mass is 127 g/mol. The summed E-state index contributed by atoms with van der Waals surface area (Å²) < 4.78 is 4.82. The van der Waals surface area contributed by atoms with Crippen molar-refractivity contribution >= 4 is 11.8 Å². The highest BCUT2D eigenvalue weighted by Crippen LogP contribution is 2.18. The van der Waals surface area contributed by atoms with Crippen molar-refractivity contribution in [2.75, 3.05) is 0 Å². The molecule has 9 heavy (non-hydrogen) atoms. The second kappa shape index (κ2) is 1.56. The van der Waals surface area contributed by atoms with Crippen molar-refractivity contribution < 1.29 is 9.53 Å². The molecule has 1 heterocycles. The van der Waals surface area contributed by atoms with Crippen LogP contribution < -0.4 is 0 Å². The Bertz CT molecular complexity index is 181. The maximum atomic E-state index is 10.5. The van der Waals surface area contributed by atoms with Gasteiger partial charge in [-0.3, -0.25) is 0 Å². The van der Waals surface area contributed by atoms with E-state index in [1.54, 1.807) is 6.92 Å². The maximum Gasteiger partial charge on any atom is 0.434 e. The van der Waals surface area contributed by atoms with E-state index >= 15 is 0 Å². The van der Waals surface area contributed by atoms with E-state index in [9.17, 15) is 4.79 Å². The lowest BCUT2D eigenvalue weighted by Gasteiger charge is -2.15. The molecular weight excluding hydrogens is 118 g/mol. The summed E-state index contributed by atoms with van der Waals surface area (Å²) in [4.78, 5) is 14.1. The molecule has 0 aromatic carbocycles. The fourth-order valence-electron chi connectivity index (χ4n) is 0.587. The molecular formula is C6H9NO2. The minimum absolute atomic E-state index is 0.475. The summed E-state index contributed by atoms with van der Waals surface area (Å²) in [6.45, 7) is 5.42. The van der Waals surface area contributed by atoms with Gasteiger partial charge in [0, 0.05) is 0 Å². The molecule has 0 saturated heterocycles. The quantitative estimate of drug-likeness (QED) is 0.493. The fourth-order valence-corrected chi connectivity index (χ4v) is 0.587. The molecule has 50 valence electrons. The van der Waals surface area contributed by atoms with Crippen molar-refractivity contribution in [3.05, 3.63) is 0 Å². The predicted octanol–water partition coefficient (Wildman–Crippen LogP) is 1.38. The zero-order valence-corrected chi connectivity index (χ0v) is 5.76. The molecule has 0 aromatic heterocycles. The molecule has 1 aliphatic rings. The normalized spacial score (nSPS) is 23.4. The summed E-state index contributed by atoms with van der Waals surface area (Å²) in [6.07, 6.45) is -0.475. The molecule has 0 atom stereocenters. The molecule has 0 spiro atoms. The van der Waals surface area contributed by atoms with Gasteiger partial charge < -0.3 is 4.74 Å². The smallest absolute Gasteiger partial charge is 0.434 e. The Balaban J connectivity index is 2.89. The van der Waals surface area contributed by atoms with Crippen LogP contribution >= 0.6 is 0 Å². The first-order valence-electron chi connectivity index (χ1n) is 2.81. The molecule has 0 aromatic rings. The first-order valence-corrected chi connectivity index (χ1v) is 2.81. The van der Waals surface area contributed by atoms with Crippen LogP contribution in [-0.4, -0.2) is 17.4 Å². The number of ether oxygens (including phenoxy) is 1. The summed E-state index contributed by atoms with van der Waals surface area (Å²) in [5.74, 6) is 0. The molecule has 3 nitrogen and oxygen atoms in total. The van der Waals surface area contributed by atoms with E-state index in [1.165, 1.54) is 0 Å². The molecule has 0 bridgehead atoms. The maximum absolute atomic E-state index is 10.5. The first kappa shape index (κ1) is 6.26. The molecule has 1 amide bonds. The summed E-state index contributed by atoms with van der Waals surface area (Å²) >= 11 is 0. The number of carbonyl (C=O) groups excluding carboxylic acids is 1. The van der Waals surface area contributed by atoms with Gasteiger partial charge in [-0.05, 0) is 20.8 Å². The van der Waals surface area contributed by atoms with Gasteiger partial charge in [0.05, 0.1) is 5.71 Å². The molecule has 0 radical (unpaired) electrons. The number of hydrogen-bond donors (Lipinski definition) is 0. The number of amides is 1. The van der Waals surface area contributed by atoms with Gasteiger partial charge in [0.1, 0.15) is 5.60 Å². The number of carbonyl (C=O) groups is 1. The average Bonchev–Trinajstić information content (AvgIpc) is 1.79. The number of cyclic esters (lactones) is 1. The summed E-state index contributed by atoms with van der Waals surface area (Å²) in [7, 11) is 0. The lowest BCUT2D eigenvalue weighted by molar-refractivity contribution is 0.106. The summed E-state index contributed by atoms with van der Waals surface area (Å²) in [6, 6.07) is 0. The number of nitrogens with zero attached hydrogens (tertiary/aromatic N) is 1. The topological polar surface area (TPSA) is 38.7 Å². The molecule has 0 fully saturated rings. The lowest BCUT2D eigenvalue weighted by atomic mass is 10.1. The zero-order chi connectivity index (χ0) is 7.07. The molecule has 3 heteroatoms. The van der Waals surface area contributed by atoms with Crippen molar-refractivity contribution in [2.45, 2.75) is 26.4 Å². The Morgan fingerprint density at radius 2 is 2.11 bits per heavy atom. The van der Waals surface area contributed by atoms with Gasteiger partial charge >= 0.3 is 6.09 Å². The van der Waals surface area contributed by atoms with Gasteiger partial charge in [-0.25, -0.2) is 4.79 Å². The van der Waals surface area contributed by atoms with Crippen molar-refractivity contribution in [3.63, 3.8) is 0 Å². The predicted molar refractivity (Wildman–Crippen MR) is 33.7 cm³/mol. The highest BCUT2D eigenvalue weighted by molar-refractivity contribution is 6.02. The largest absolute Gasteiger partial charge is 0.436 e. The van der Waals surface area contributed by atoms with E-state index in [-0.39, 0.29) is 0 Å². The molecule has 0 N–H and O–H groups in total. The zero-order valence-electron chi connectivity index (χ0n) is 5.76. The Morgan fingerprint density at radius 3 is 2.22 bits per heavy atom. The number of hydrogen-bond acceptors (Lipinski definition) is 2. The molecule has 1 rings (SSSR count). The van der Waals surface area contributed by atoms with Crippen LogP contribution in [-0.2, 0) is 4.74 Å². The molecule has 0 aliphatic carbocycles. The minimum Gasteiger partial charge on any atom is -0.436 e. The van der Waals surface area contributed by atoms with Crippen molar-refractivity contribution in [1.29, 1.82) is 0 Å². The van der Waals surface area contributed by atoms with Crippen molar-refractivity contribution in [1.82, 2.24) is 0 Å². The van der Waals surface area contributed by atoms with E-state index in [1.807, 2.05) is 13.8 Å². The van der Waals surface area contributed by atoms with Gasteiger partial charge in [-0.15, -0.1) is 0 Å². The van der Waals surface area contributed by atoms with Crippen LogP contribution in [0.5, 0.6) is 0 Å². The third-order valence-electron chi connectivity index (χ3n) is 1.47. The highest BCUT2D eigenvalue weighted by atomic mass is 16.6. The van der Waals surface area contributed by atoms with Gasteiger partial charge in [-0.2, -0.15) is 4.99 Å². The second-order valence-corrected chi connectivity index (χ2v) is 2.58. The molecule has 0 unspecified atom stereocenters. The molecule has 0 saturated carbocycles. The lowest BCUT2D eigenvalue weighted by Crippen LogP contribution is -2.27. The summed E-state index contributed by atoms with van der Waals surface area (Å²) in [5.41, 5.74) is 0.268. The van der Waals surface area contributed by atoms with E-state index in [2.05, 4.69) is 4.99 Å². The van der Waals surface area contributed by atoms with Gasteiger partial charge in [0.2, 0.25) is 0 Å². The second-order valence-electron chi connectivity index (χ2n) is 2.58. The van der Waals surface area contributed by atoms with E-state index in [0.717, 1.165) is 5.71 Å². The van der Waals surface area contributed by atoms with Gasteiger partial charge in [0.25, 0.3) is 0 Å². The van der Waals surface area contributed by atoms with Gasteiger partial charge in [-0.1, -0.05) is 0 Å². The highest BCUT2D eigenvalue weighted by Gasteiger charge is 2.32. The van der Waals surface area contributed by atoms with Crippen LogP contribution in [0.25, 0.3) is 0 Å². The Morgan fingerprint density at radius 1 is 1.56 bits per heavy atom. The Kier molecular flexibility index (Phi) is 1.08. The Labute approximate surface area is 53.7 Å². The van der Waals surface area contributed by atoms with E-state index in [4.69, 9.17) is 4.74 Å². The third kappa shape index (κ3) is 0.943. The van der Waals surface area contributed by atoms with Crippen molar-refractivity contribution in [3.8, 4) is 0 Å². The Hall–Kier alpha value is -0.860. The number of rotatable bonds is 0. The first-order chi connectivity index (χ1) is 4.02. The SMILES string of the molecule is CC1=NC(=O)OC1(C)C.